The molecule has 0 spiro atoms. The number of carbonyl (C=O) groups excluding carboxylic acids is 1. The van der Waals surface area contributed by atoms with Crippen LogP contribution in [0, 0.1) is 0 Å². The van der Waals surface area contributed by atoms with Crippen LogP contribution in [0.1, 0.15) is 45.9 Å². The third-order valence-corrected chi connectivity index (χ3v) is 7.66. The van der Waals surface area contributed by atoms with E-state index in [-0.39, 0.29) is 16.8 Å². The Bertz CT molecular complexity index is 1040. The van der Waals surface area contributed by atoms with Crippen LogP contribution in [0.5, 0.6) is 0 Å². The molecule has 1 aromatic carbocycles. The van der Waals surface area contributed by atoms with Gasteiger partial charge in [-0.05, 0) is 51.8 Å². The number of benzene rings is 1. The molecule has 0 bridgehead atoms. The number of sulfonamides is 1. The van der Waals surface area contributed by atoms with E-state index in [0.717, 1.165) is 24.2 Å². The fourth-order valence-electron chi connectivity index (χ4n) is 4.24. The molecule has 1 aliphatic heterocycles. The molecule has 0 saturated carbocycles. The molecule has 1 amide bonds. The highest BCUT2D eigenvalue weighted by Gasteiger charge is 2.38. The molecule has 0 aliphatic carbocycles. The van der Waals surface area contributed by atoms with E-state index in [1.165, 1.54) is 18.4 Å². The SMILES string of the molecule is CCn1c(CCC(=O)N2CCC[C@@H]2C(C)(C)O)nc2cc(S(=O)(=O)N(C)C)ccc21. The predicted molar refractivity (Wildman–Crippen MR) is 116 cm³/mol. The van der Waals surface area contributed by atoms with Crippen LogP contribution >= 0.6 is 0 Å². The number of carbonyl (C=O) groups is 1. The molecule has 166 valence electrons. The van der Waals surface area contributed by atoms with E-state index in [9.17, 15) is 18.3 Å². The first-order valence-corrected chi connectivity index (χ1v) is 11.8. The minimum atomic E-state index is -3.54. The van der Waals surface area contributed by atoms with Crippen molar-refractivity contribution >= 4 is 27.0 Å². The standard InChI is InChI=1S/C21H32N4O4S/c1-6-24-17-10-9-15(30(28,29)23(4)5)14-16(17)22-19(24)11-12-20(26)25-13-7-8-18(25)21(2,3)27/h9-10,14,18,27H,6-8,11-13H2,1-5H3/t18-/m1/s1. The van der Waals surface area contributed by atoms with E-state index >= 15 is 0 Å². The monoisotopic (exact) mass is 436 g/mol. The Morgan fingerprint density at radius 3 is 2.63 bits per heavy atom. The van der Waals surface area contributed by atoms with E-state index < -0.39 is 15.6 Å². The highest BCUT2D eigenvalue weighted by Crippen LogP contribution is 2.28. The Morgan fingerprint density at radius 1 is 1.33 bits per heavy atom. The molecule has 1 aliphatic rings. The van der Waals surface area contributed by atoms with Crippen molar-refractivity contribution in [3.63, 3.8) is 0 Å². The number of hydrogen-bond acceptors (Lipinski definition) is 5. The summed E-state index contributed by atoms with van der Waals surface area (Å²) in [6, 6.07) is 4.80. The third kappa shape index (κ3) is 4.24. The molecule has 1 N–H and O–H groups in total. The molecule has 2 heterocycles. The molecular formula is C21H32N4O4S. The maximum Gasteiger partial charge on any atom is 0.242 e. The lowest BCUT2D eigenvalue weighted by Crippen LogP contribution is -2.48. The van der Waals surface area contributed by atoms with Gasteiger partial charge in [-0.25, -0.2) is 17.7 Å². The second-order valence-electron chi connectivity index (χ2n) is 8.61. The average molecular weight is 437 g/mol. The van der Waals surface area contributed by atoms with Gasteiger partial charge in [-0.2, -0.15) is 0 Å². The zero-order chi connectivity index (χ0) is 22.3. The quantitative estimate of drug-likeness (QED) is 0.716. The number of aryl methyl sites for hydroxylation is 2. The zero-order valence-corrected chi connectivity index (χ0v) is 19.2. The van der Waals surface area contributed by atoms with Gasteiger partial charge in [0.15, 0.2) is 0 Å². The van der Waals surface area contributed by atoms with Gasteiger partial charge < -0.3 is 14.6 Å². The number of amides is 1. The molecule has 2 aromatic rings. The molecule has 1 aromatic heterocycles. The molecule has 1 atom stereocenters. The summed E-state index contributed by atoms with van der Waals surface area (Å²) >= 11 is 0. The number of imidazole rings is 1. The second kappa shape index (κ2) is 8.28. The van der Waals surface area contributed by atoms with Crippen molar-refractivity contribution in [1.82, 2.24) is 18.8 Å². The predicted octanol–water partition coefficient (Wildman–Crippen LogP) is 2.00. The van der Waals surface area contributed by atoms with Crippen LogP contribution in [0.15, 0.2) is 23.1 Å². The topological polar surface area (TPSA) is 95.7 Å². The minimum Gasteiger partial charge on any atom is -0.388 e. The number of nitrogens with zero attached hydrogens (tertiary/aromatic N) is 4. The van der Waals surface area contributed by atoms with Crippen LogP contribution in [-0.2, 0) is 27.8 Å². The van der Waals surface area contributed by atoms with Crippen molar-refractivity contribution in [2.75, 3.05) is 20.6 Å². The Hall–Kier alpha value is -1.97. The van der Waals surface area contributed by atoms with Gasteiger partial charge in [0.2, 0.25) is 15.9 Å². The largest absolute Gasteiger partial charge is 0.388 e. The van der Waals surface area contributed by atoms with E-state index in [4.69, 9.17) is 0 Å². The van der Waals surface area contributed by atoms with E-state index in [1.807, 2.05) is 11.5 Å². The maximum absolute atomic E-state index is 12.8. The highest BCUT2D eigenvalue weighted by atomic mass is 32.2. The molecule has 0 unspecified atom stereocenters. The first-order chi connectivity index (χ1) is 14.0. The summed E-state index contributed by atoms with van der Waals surface area (Å²) in [4.78, 5) is 19.5. The van der Waals surface area contributed by atoms with Crippen molar-refractivity contribution in [3.05, 3.63) is 24.0 Å². The summed E-state index contributed by atoms with van der Waals surface area (Å²) in [6.45, 7) is 6.85. The third-order valence-electron chi connectivity index (χ3n) is 5.84. The maximum atomic E-state index is 12.8. The smallest absolute Gasteiger partial charge is 0.242 e. The lowest BCUT2D eigenvalue weighted by molar-refractivity contribution is -0.136. The lowest BCUT2D eigenvalue weighted by Gasteiger charge is -2.33. The molecule has 1 saturated heterocycles. The van der Waals surface area contributed by atoms with Crippen molar-refractivity contribution < 1.29 is 18.3 Å². The van der Waals surface area contributed by atoms with Gasteiger partial charge in [0.25, 0.3) is 0 Å². The van der Waals surface area contributed by atoms with Crippen LogP contribution in [0.3, 0.4) is 0 Å². The van der Waals surface area contributed by atoms with Crippen molar-refractivity contribution in [2.24, 2.45) is 0 Å². The number of aliphatic hydroxyl groups is 1. The molecule has 30 heavy (non-hydrogen) atoms. The van der Waals surface area contributed by atoms with Gasteiger partial charge in [-0.15, -0.1) is 0 Å². The average Bonchev–Trinajstić information content (AvgIpc) is 3.29. The summed E-state index contributed by atoms with van der Waals surface area (Å²) in [5, 5.41) is 10.4. The Morgan fingerprint density at radius 2 is 2.03 bits per heavy atom. The summed E-state index contributed by atoms with van der Waals surface area (Å²) < 4.78 is 28.1. The summed E-state index contributed by atoms with van der Waals surface area (Å²) in [7, 11) is -0.535. The van der Waals surface area contributed by atoms with Gasteiger partial charge in [-0.3, -0.25) is 4.79 Å². The Labute approximate surface area is 178 Å². The van der Waals surface area contributed by atoms with Gasteiger partial charge in [0, 0.05) is 40.0 Å². The molecule has 0 radical (unpaired) electrons. The van der Waals surface area contributed by atoms with Crippen molar-refractivity contribution in [3.8, 4) is 0 Å². The van der Waals surface area contributed by atoms with Crippen LogP contribution in [0.4, 0.5) is 0 Å². The Balaban J connectivity index is 1.83. The van der Waals surface area contributed by atoms with Gasteiger partial charge in [0.1, 0.15) is 5.82 Å². The molecular weight excluding hydrogens is 404 g/mol. The van der Waals surface area contributed by atoms with Gasteiger partial charge in [0.05, 0.1) is 27.6 Å². The number of fused-ring (bicyclic) bond motifs is 1. The fourth-order valence-corrected chi connectivity index (χ4v) is 5.16. The fraction of sp³-hybridized carbons (Fsp3) is 0.619. The van der Waals surface area contributed by atoms with E-state index in [2.05, 4.69) is 4.98 Å². The van der Waals surface area contributed by atoms with Gasteiger partial charge >= 0.3 is 0 Å². The number of hydrogen-bond donors (Lipinski definition) is 1. The van der Waals surface area contributed by atoms with Crippen LogP contribution in [0.2, 0.25) is 0 Å². The van der Waals surface area contributed by atoms with Crippen LogP contribution in [0.25, 0.3) is 11.0 Å². The molecule has 3 rings (SSSR count). The van der Waals surface area contributed by atoms with Gasteiger partial charge in [-0.1, -0.05) is 0 Å². The summed E-state index contributed by atoms with van der Waals surface area (Å²) in [5.74, 6) is 0.782. The molecule has 9 heteroatoms. The number of rotatable bonds is 7. The van der Waals surface area contributed by atoms with Crippen LogP contribution in [-0.4, -0.2) is 70.5 Å². The van der Waals surface area contributed by atoms with Crippen molar-refractivity contribution in [2.45, 2.75) is 69.5 Å². The summed E-state index contributed by atoms with van der Waals surface area (Å²) in [6.07, 6.45) is 2.48. The first-order valence-electron chi connectivity index (χ1n) is 10.4. The normalized spacial score (nSPS) is 18.0. The van der Waals surface area contributed by atoms with E-state index in [1.54, 1.807) is 36.9 Å². The number of aromatic nitrogens is 2. The Kier molecular flexibility index (Phi) is 6.27. The number of likely N-dealkylation sites (tertiary alicyclic amines) is 1. The van der Waals surface area contributed by atoms with Crippen LogP contribution < -0.4 is 0 Å². The zero-order valence-electron chi connectivity index (χ0n) is 18.4. The van der Waals surface area contributed by atoms with E-state index in [0.29, 0.717) is 31.4 Å². The molecule has 1 fully saturated rings. The highest BCUT2D eigenvalue weighted by molar-refractivity contribution is 7.89. The van der Waals surface area contributed by atoms with Crippen molar-refractivity contribution in [1.29, 1.82) is 0 Å². The second-order valence-corrected chi connectivity index (χ2v) is 10.8. The lowest BCUT2D eigenvalue weighted by atomic mass is 9.96. The summed E-state index contributed by atoms with van der Waals surface area (Å²) in [5.41, 5.74) is 0.544. The minimum absolute atomic E-state index is 0.0187. The molecule has 8 nitrogen and oxygen atoms in total. The first kappa shape index (κ1) is 22.7.